The Balaban J connectivity index is 1.75. The first-order valence-corrected chi connectivity index (χ1v) is 7.89. The number of hydrogen-bond donors (Lipinski definition) is 1. The fourth-order valence-corrected chi connectivity index (χ4v) is 2.77. The van der Waals surface area contributed by atoms with Gasteiger partial charge < -0.3 is 19.2 Å². The van der Waals surface area contributed by atoms with E-state index in [1.54, 1.807) is 23.1 Å². The predicted molar refractivity (Wildman–Crippen MR) is 86.7 cm³/mol. The van der Waals surface area contributed by atoms with Crippen molar-refractivity contribution in [3.8, 4) is 0 Å². The third-order valence-electron chi connectivity index (χ3n) is 3.73. The van der Waals surface area contributed by atoms with Crippen LogP contribution in [0.5, 0.6) is 0 Å². The van der Waals surface area contributed by atoms with Gasteiger partial charge in [0.1, 0.15) is 12.4 Å². The molecule has 1 aliphatic rings. The molecule has 2 aromatic rings. The minimum atomic E-state index is -1.14. The summed E-state index contributed by atoms with van der Waals surface area (Å²) in [5, 5.41) is 9.76. The molecule has 0 bridgehead atoms. The number of carbonyl (C=O) groups excluding carboxylic acids is 1. The Morgan fingerprint density at radius 3 is 2.67 bits per heavy atom. The molecule has 1 aromatic carbocycles. The van der Waals surface area contributed by atoms with E-state index in [1.807, 2.05) is 0 Å². The SMILES string of the molecule is O=C(O)c1coc(C(=O)N2CCOC(c3ccc(Cl)c(Cl)c3)C2)c1. The molecule has 0 aliphatic carbocycles. The highest BCUT2D eigenvalue weighted by molar-refractivity contribution is 6.42. The number of amides is 1. The molecule has 1 atom stereocenters. The molecule has 24 heavy (non-hydrogen) atoms. The summed E-state index contributed by atoms with van der Waals surface area (Å²) in [6.45, 7) is 1.04. The summed E-state index contributed by atoms with van der Waals surface area (Å²) in [4.78, 5) is 24.9. The summed E-state index contributed by atoms with van der Waals surface area (Å²) in [5.74, 6) is -1.54. The summed E-state index contributed by atoms with van der Waals surface area (Å²) in [6, 6.07) is 6.39. The first kappa shape index (κ1) is 16.8. The van der Waals surface area contributed by atoms with Crippen LogP contribution in [0.25, 0.3) is 0 Å². The number of morpholine rings is 1. The molecule has 8 heteroatoms. The lowest BCUT2D eigenvalue weighted by Crippen LogP contribution is -2.42. The maximum absolute atomic E-state index is 12.5. The van der Waals surface area contributed by atoms with E-state index in [-0.39, 0.29) is 23.3 Å². The molecule has 0 spiro atoms. The maximum atomic E-state index is 12.5. The van der Waals surface area contributed by atoms with Crippen LogP contribution in [0.1, 0.15) is 32.6 Å². The lowest BCUT2D eigenvalue weighted by molar-refractivity contribution is -0.0237. The molecular weight excluding hydrogens is 357 g/mol. The molecule has 6 nitrogen and oxygen atoms in total. The van der Waals surface area contributed by atoms with Crippen LogP contribution in [0.15, 0.2) is 34.9 Å². The minimum absolute atomic E-state index is 0.0119. The Labute approximate surface area is 147 Å². The smallest absolute Gasteiger partial charge is 0.338 e. The Morgan fingerprint density at radius 1 is 1.21 bits per heavy atom. The van der Waals surface area contributed by atoms with E-state index in [2.05, 4.69) is 0 Å². The number of nitrogens with zero attached hydrogens (tertiary/aromatic N) is 1. The van der Waals surface area contributed by atoms with Gasteiger partial charge in [0.2, 0.25) is 0 Å². The Kier molecular flexibility index (Phi) is 4.80. The molecular formula is C16H13Cl2NO5. The van der Waals surface area contributed by atoms with E-state index in [0.717, 1.165) is 11.8 Å². The van der Waals surface area contributed by atoms with Gasteiger partial charge in [-0.15, -0.1) is 0 Å². The second-order valence-corrected chi connectivity index (χ2v) is 6.10. The number of hydrogen-bond acceptors (Lipinski definition) is 4. The van der Waals surface area contributed by atoms with Gasteiger partial charge in [0.25, 0.3) is 5.91 Å². The van der Waals surface area contributed by atoms with Gasteiger partial charge >= 0.3 is 5.97 Å². The quantitative estimate of drug-likeness (QED) is 0.895. The van der Waals surface area contributed by atoms with Crippen molar-refractivity contribution in [2.45, 2.75) is 6.10 Å². The zero-order valence-corrected chi connectivity index (χ0v) is 13.9. The summed E-state index contributed by atoms with van der Waals surface area (Å²) >= 11 is 11.9. The fraction of sp³-hybridized carbons (Fsp3) is 0.250. The standard InChI is InChI=1S/C16H13Cl2NO5/c17-11-2-1-9(5-12(11)18)14-7-19(3-4-23-14)15(20)13-6-10(8-24-13)16(21)22/h1-2,5-6,8,14H,3-4,7H2,(H,21,22). The van der Waals surface area contributed by atoms with Crippen molar-refractivity contribution in [3.63, 3.8) is 0 Å². The molecule has 1 N–H and O–H groups in total. The highest BCUT2D eigenvalue weighted by atomic mass is 35.5. The van der Waals surface area contributed by atoms with Crippen LogP contribution >= 0.6 is 23.2 Å². The Bertz CT molecular complexity index is 789. The second kappa shape index (κ2) is 6.84. The van der Waals surface area contributed by atoms with E-state index < -0.39 is 5.97 Å². The van der Waals surface area contributed by atoms with Gasteiger partial charge in [-0.2, -0.15) is 0 Å². The van der Waals surface area contributed by atoms with Gasteiger partial charge in [0, 0.05) is 12.6 Å². The predicted octanol–water partition coefficient (Wildman–Crippen LogP) is 3.50. The zero-order chi connectivity index (χ0) is 17.3. The van der Waals surface area contributed by atoms with Crippen LogP contribution in [-0.2, 0) is 4.74 Å². The lowest BCUT2D eigenvalue weighted by atomic mass is 10.1. The van der Waals surface area contributed by atoms with Crippen LogP contribution in [0, 0.1) is 0 Å². The molecule has 126 valence electrons. The van der Waals surface area contributed by atoms with Gasteiger partial charge in [0.15, 0.2) is 5.76 Å². The van der Waals surface area contributed by atoms with Crippen molar-refractivity contribution in [1.29, 1.82) is 0 Å². The Morgan fingerprint density at radius 2 is 2.00 bits per heavy atom. The fourth-order valence-electron chi connectivity index (χ4n) is 2.46. The highest BCUT2D eigenvalue weighted by Gasteiger charge is 2.28. The summed E-state index contributed by atoms with van der Waals surface area (Å²) in [6.07, 6.45) is 0.707. The molecule has 1 aromatic heterocycles. The van der Waals surface area contributed by atoms with Crippen molar-refractivity contribution >= 4 is 35.1 Å². The molecule has 3 rings (SSSR count). The molecule has 2 heterocycles. The number of furan rings is 1. The summed E-state index contributed by atoms with van der Waals surface area (Å²) in [7, 11) is 0. The molecule has 1 saturated heterocycles. The molecule has 1 fully saturated rings. The van der Waals surface area contributed by atoms with Crippen molar-refractivity contribution in [2.24, 2.45) is 0 Å². The normalized spacial score (nSPS) is 17.8. The van der Waals surface area contributed by atoms with Gasteiger partial charge in [0.05, 0.1) is 28.8 Å². The third-order valence-corrected chi connectivity index (χ3v) is 4.47. The van der Waals surface area contributed by atoms with Crippen molar-refractivity contribution in [2.75, 3.05) is 19.7 Å². The summed E-state index contributed by atoms with van der Waals surface area (Å²) < 4.78 is 10.8. The average Bonchev–Trinajstić information content (AvgIpc) is 3.07. The first-order valence-electron chi connectivity index (χ1n) is 7.13. The number of halogens is 2. The summed E-state index contributed by atoms with van der Waals surface area (Å²) in [5.41, 5.74) is 0.750. The zero-order valence-electron chi connectivity index (χ0n) is 12.4. The topological polar surface area (TPSA) is 80.0 Å². The van der Waals surface area contributed by atoms with E-state index >= 15 is 0 Å². The van der Waals surface area contributed by atoms with E-state index in [9.17, 15) is 9.59 Å². The van der Waals surface area contributed by atoms with Crippen LogP contribution < -0.4 is 0 Å². The number of ether oxygens (including phenoxy) is 1. The van der Waals surface area contributed by atoms with Crippen molar-refractivity contribution in [3.05, 3.63) is 57.5 Å². The van der Waals surface area contributed by atoms with Crippen LogP contribution in [0.4, 0.5) is 0 Å². The monoisotopic (exact) mass is 369 g/mol. The third kappa shape index (κ3) is 3.40. The van der Waals surface area contributed by atoms with Crippen LogP contribution in [0.2, 0.25) is 10.0 Å². The van der Waals surface area contributed by atoms with E-state index in [4.69, 9.17) is 37.5 Å². The molecule has 0 saturated carbocycles. The van der Waals surface area contributed by atoms with Crippen LogP contribution in [0.3, 0.4) is 0 Å². The average molecular weight is 370 g/mol. The molecule has 1 aliphatic heterocycles. The highest BCUT2D eigenvalue weighted by Crippen LogP contribution is 2.29. The number of aromatic carboxylic acids is 1. The van der Waals surface area contributed by atoms with Crippen molar-refractivity contribution in [1.82, 2.24) is 4.90 Å². The first-order chi connectivity index (χ1) is 11.5. The molecule has 0 radical (unpaired) electrons. The van der Waals surface area contributed by atoms with Gasteiger partial charge in [-0.25, -0.2) is 4.79 Å². The number of carboxylic acids is 1. The Hall–Kier alpha value is -2.02. The maximum Gasteiger partial charge on any atom is 0.338 e. The van der Waals surface area contributed by atoms with E-state index in [1.165, 1.54) is 6.07 Å². The number of benzene rings is 1. The molecule has 1 amide bonds. The van der Waals surface area contributed by atoms with Crippen molar-refractivity contribution < 1.29 is 23.8 Å². The van der Waals surface area contributed by atoms with Gasteiger partial charge in [-0.05, 0) is 17.7 Å². The lowest BCUT2D eigenvalue weighted by Gasteiger charge is -2.32. The molecule has 1 unspecified atom stereocenters. The number of rotatable bonds is 3. The van der Waals surface area contributed by atoms with Crippen LogP contribution in [-0.4, -0.2) is 41.6 Å². The minimum Gasteiger partial charge on any atom is -0.478 e. The van der Waals surface area contributed by atoms with Gasteiger partial charge in [-0.3, -0.25) is 4.79 Å². The number of carboxylic acid groups (broad SMARTS) is 1. The van der Waals surface area contributed by atoms with E-state index in [0.29, 0.717) is 29.7 Å². The largest absolute Gasteiger partial charge is 0.478 e. The number of carbonyl (C=O) groups is 2. The second-order valence-electron chi connectivity index (χ2n) is 5.29. The van der Waals surface area contributed by atoms with Gasteiger partial charge in [-0.1, -0.05) is 29.3 Å².